The standard InChI is InChI=1S/C22H18FN3O4S/c23-18-8-4-5-9-20(18)31-19-11-10-16(26(29)30)14-17(19)22(28)25-13-12-24-21(27)15-6-2-1-3-7-15/h1-11,14H,12-13H2,(H,24,27)(H,25,28). The van der Waals surface area contributed by atoms with Crippen LogP contribution in [0.5, 0.6) is 0 Å². The van der Waals surface area contributed by atoms with Gasteiger partial charge in [0.1, 0.15) is 5.82 Å². The fourth-order valence-electron chi connectivity index (χ4n) is 2.68. The zero-order chi connectivity index (χ0) is 22.2. The van der Waals surface area contributed by atoms with E-state index in [4.69, 9.17) is 0 Å². The van der Waals surface area contributed by atoms with Crippen molar-refractivity contribution >= 4 is 29.3 Å². The number of hydrogen-bond acceptors (Lipinski definition) is 5. The molecule has 0 unspecified atom stereocenters. The van der Waals surface area contributed by atoms with Crippen LogP contribution in [0.4, 0.5) is 10.1 Å². The Bertz CT molecular complexity index is 1110. The topological polar surface area (TPSA) is 101 Å². The lowest BCUT2D eigenvalue weighted by Gasteiger charge is -2.11. The summed E-state index contributed by atoms with van der Waals surface area (Å²) in [4.78, 5) is 35.9. The molecule has 0 fully saturated rings. The lowest BCUT2D eigenvalue weighted by molar-refractivity contribution is -0.384. The molecule has 0 radical (unpaired) electrons. The van der Waals surface area contributed by atoms with E-state index in [0.29, 0.717) is 15.4 Å². The number of hydrogen-bond donors (Lipinski definition) is 2. The van der Waals surface area contributed by atoms with E-state index in [0.717, 1.165) is 17.8 Å². The van der Waals surface area contributed by atoms with Gasteiger partial charge in [0.25, 0.3) is 17.5 Å². The molecule has 0 aromatic heterocycles. The molecular formula is C22H18FN3O4S. The zero-order valence-electron chi connectivity index (χ0n) is 16.2. The maximum absolute atomic E-state index is 14.0. The SMILES string of the molecule is O=C(NCCNC(=O)c1cc([N+](=O)[O-])ccc1Sc1ccccc1F)c1ccccc1. The lowest BCUT2D eigenvalue weighted by Crippen LogP contribution is -2.34. The molecule has 2 amide bonds. The Morgan fingerprint density at radius 3 is 2.19 bits per heavy atom. The minimum Gasteiger partial charge on any atom is -0.350 e. The summed E-state index contributed by atoms with van der Waals surface area (Å²) in [6, 6.07) is 18.5. The molecule has 0 aliphatic rings. The van der Waals surface area contributed by atoms with Crippen LogP contribution < -0.4 is 10.6 Å². The molecule has 9 heteroatoms. The quantitative estimate of drug-likeness (QED) is 0.313. The second-order valence-electron chi connectivity index (χ2n) is 6.35. The van der Waals surface area contributed by atoms with Gasteiger partial charge in [0, 0.05) is 40.6 Å². The average molecular weight is 439 g/mol. The molecule has 2 N–H and O–H groups in total. The molecule has 0 heterocycles. The van der Waals surface area contributed by atoms with Gasteiger partial charge < -0.3 is 10.6 Å². The molecule has 0 bridgehead atoms. The third-order valence-electron chi connectivity index (χ3n) is 4.21. The molecule has 7 nitrogen and oxygen atoms in total. The Hall–Kier alpha value is -3.72. The highest BCUT2D eigenvalue weighted by Crippen LogP contribution is 2.34. The highest BCUT2D eigenvalue weighted by Gasteiger charge is 2.18. The first-order valence-corrected chi connectivity index (χ1v) is 10.1. The molecule has 0 atom stereocenters. The predicted octanol–water partition coefficient (Wildman–Crippen LogP) is 4.04. The minimum atomic E-state index is -0.603. The number of rotatable bonds is 8. The molecule has 3 aromatic carbocycles. The van der Waals surface area contributed by atoms with Gasteiger partial charge in [-0.05, 0) is 30.3 Å². The summed E-state index contributed by atoms with van der Waals surface area (Å²) in [5.41, 5.74) is 0.299. The molecule has 0 spiro atoms. The lowest BCUT2D eigenvalue weighted by atomic mass is 10.2. The van der Waals surface area contributed by atoms with Gasteiger partial charge in [-0.25, -0.2) is 4.39 Å². The van der Waals surface area contributed by atoms with E-state index < -0.39 is 16.6 Å². The number of nitro benzene ring substituents is 1. The van der Waals surface area contributed by atoms with Gasteiger partial charge in [-0.3, -0.25) is 19.7 Å². The number of non-ortho nitro benzene ring substituents is 1. The Kier molecular flexibility index (Phi) is 7.34. The summed E-state index contributed by atoms with van der Waals surface area (Å²) in [5, 5.41) is 16.4. The first kappa shape index (κ1) is 22.0. The molecule has 158 valence electrons. The van der Waals surface area contributed by atoms with Gasteiger partial charge in [0.2, 0.25) is 0 Å². The van der Waals surface area contributed by atoms with Crippen LogP contribution in [0.3, 0.4) is 0 Å². The molecule has 0 aliphatic heterocycles. The van der Waals surface area contributed by atoms with Crippen molar-refractivity contribution in [3.63, 3.8) is 0 Å². The Labute approximate surface area is 181 Å². The van der Waals surface area contributed by atoms with Crippen molar-refractivity contribution in [1.82, 2.24) is 10.6 Å². The zero-order valence-corrected chi connectivity index (χ0v) is 17.0. The predicted molar refractivity (Wildman–Crippen MR) is 115 cm³/mol. The maximum Gasteiger partial charge on any atom is 0.270 e. The summed E-state index contributed by atoms with van der Waals surface area (Å²) in [7, 11) is 0. The number of halogens is 1. The van der Waals surface area contributed by atoms with Crippen molar-refractivity contribution in [3.05, 3.63) is 99.9 Å². The van der Waals surface area contributed by atoms with E-state index in [1.165, 1.54) is 18.2 Å². The monoisotopic (exact) mass is 439 g/mol. The van der Waals surface area contributed by atoms with Crippen molar-refractivity contribution in [1.29, 1.82) is 0 Å². The third-order valence-corrected chi connectivity index (χ3v) is 5.33. The number of benzene rings is 3. The van der Waals surface area contributed by atoms with Crippen molar-refractivity contribution in [2.24, 2.45) is 0 Å². The number of carbonyl (C=O) groups excluding carboxylic acids is 2. The molecular weight excluding hydrogens is 421 g/mol. The highest BCUT2D eigenvalue weighted by molar-refractivity contribution is 7.99. The van der Waals surface area contributed by atoms with E-state index in [-0.39, 0.29) is 30.2 Å². The maximum atomic E-state index is 14.0. The van der Waals surface area contributed by atoms with Gasteiger partial charge in [0.15, 0.2) is 0 Å². The summed E-state index contributed by atoms with van der Waals surface area (Å²) in [5.74, 6) is -1.29. The second-order valence-corrected chi connectivity index (χ2v) is 7.43. The van der Waals surface area contributed by atoms with Crippen molar-refractivity contribution < 1.29 is 18.9 Å². The highest BCUT2D eigenvalue weighted by atomic mass is 32.2. The number of amides is 2. The summed E-state index contributed by atoms with van der Waals surface area (Å²) < 4.78 is 14.0. The largest absolute Gasteiger partial charge is 0.350 e. The fourth-order valence-corrected chi connectivity index (χ4v) is 3.63. The smallest absolute Gasteiger partial charge is 0.270 e. The van der Waals surface area contributed by atoms with Crippen molar-refractivity contribution in [2.75, 3.05) is 13.1 Å². The van der Waals surface area contributed by atoms with E-state index in [9.17, 15) is 24.1 Å². The van der Waals surface area contributed by atoms with Crippen LogP contribution >= 0.6 is 11.8 Å². The minimum absolute atomic E-state index is 0.0526. The van der Waals surface area contributed by atoms with Crippen LogP contribution in [0.2, 0.25) is 0 Å². The average Bonchev–Trinajstić information content (AvgIpc) is 2.78. The van der Waals surface area contributed by atoms with Gasteiger partial charge >= 0.3 is 0 Å². The number of nitrogens with zero attached hydrogens (tertiary/aromatic N) is 1. The van der Waals surface area contributed by atoms with Gasteiger partial charge in [-0.15, -0.1) is 0 Å². The van der Waals surface area contributed by atoms with E-state index in [1.54, 1.807) is 48.5 Å². The molecule has 0 aliphatic carbocycles. The van der Waals surface area contributed by atoms with Gasteiger partial charge in [-0.1, -0.05) is 42.1 Å². The van der Waals surface area contributed by atoms with Crippen LogP contribution in [0.25, 0.3) is 0 Å². The van der Waals surface area contributed by atoms with E-state index >= 15 is 0 Å². The van der Waals surface area contributed by atoms with Crippen molar-refractivity contribution in [2.45, 2.75) is 9.79 Å². The van der Waals surface area contributed by atoms with E-state index in [2.05, 4.69) is 10.6 Å². The summed E-state index contributed by atoms with van der Waals surface area (Å²) in [6.07, 6.45) is 0. The van der Waals surface area contributed by atoms with Crippen LogP contribution in [0.1, 0.15) is 20.7 Å². The number of nitrogens with one attached hydrogen (secondary N) is 2. The van der Waals surface area contributed by atoms with E-state index in [1.807, 2.05) is 0 Å². The Morgan fingerprint density at radius 2 is 1.52 bits per heavy atom. The summed E-state index contributed by atoms with van der Waals surface area (Å²) >= 11 is 1.00. The van der Waals surface area contributed by atoms with Crippen LogP contribution in [-0.2, 0) is 0 Å². The third kappa shape index (κ3) is 5.89. The van der Waals surface area contributed by atoms with Gasteiger partial charge in [-0.2, -0.15) is 0 Å². The molecule has 3 aromatic rings. The fraction of sp³-hybridized carbons (Fsp3) is 0.0909. The second kappa shape index (κ2) is 10.4. The number of nitro groups is 1. The Balaban J connectivity index is 1.68. The first-order chi connectivity index (χ1) is 15.0. The van der Waals surface area contributed by atoms with Crippen molar-refractivity contribution in [3.8, 4) is 0 Å². The van der Waals surface area contributed by atoms with Crippen LogP contribution in [0, 0.1) is 15.9 Å². The van der Waals surface area contributed by atoms with Crippen LogP contribution in [0.15, 0.2) is 82.6 Å². The Morgan fingerprint density at radius 1 is 0.871 bits per heavy atom. The molecule has 31 heavy (non-hydrogen) atoms. The summed E-state index contributed by atoms with van der Waals surface area (Å²) in [6.45, 7) is 0.286. The van der Waals surface area contributed by atoms with Crippen LogP contribution in [-0.4, -0.2) is 29.8 Å². The first-order valence-electron chi connectivity index (χ1n) is 9.28. The molecule has 0 saturated heterocycles. The molecule has 3 rings (SSSR count). The molecule has 0 saturated carbocycles. The van der Waals surface area contributed by atoms with Gasteiger partial charge in [0.05, 0.1) is 10.5 Å². The normalized spacial score (nSPS) is 10.4. The number of carbonyl (C=O) groups is 2.